The molecule has 0 aliphatic rings. The monoisotopic (exact) mass is 117 g/mol. The minimum absolute atomic E-state index is 0.102. The number of hydrogen-bond acceptors (Lipinski definition) is 3. The van der Waals surface area contributed by atoms with Crippen LogP contribution in [0.3, 0.4) is 0 Å². The van der Waals surface area contributed by atoms with Gasteiger partial charge in [0.15, 0.2) is 0 Å². The molecule has 0 atom stereocenters. The zero-order chi connectivity index (χ0) is 6.57. The number of aliphatic carboxylic acids is 1. The lowest BCUT2D eigenvalue weighted by Crippen LogP contribution is -2.25. The summed E-state index contributed by atoms with van der Waals surface area (Å²) in [5, 5.41) is 10.3. The molecule has 0 aliphatic heterocycles. The molecule has 0 spiro atoms. The van der Waals surface area contributed by atoms with E-state index in [1.54, 1.807) is 0 Å². The fraction of sp³-hybridized carbons (Fsp3) is 0.500. The number of rotatable bonds is 3. The van der Waals surface area contributed by atoms with Gasteiger partial charge < -0.3 is 10.4 Å². The molecule has 4 heteroatoms. The number of ketones is 1. The predicted molar refractivity (Wildman–Crippen MR) is 26.6 cm³/mol. The molecule has 46 valence electrons. The molecule has 0 saturated carbocycles. The summed E-state index contributed by atoms with van der Waals surface area (Å²) in [6, 6.07) is 0. The summed E-state index contributed by atoms with van der Waals surface area (Å²) in [6.07, 6.45) is 0. The summed E-state index contributed by atoms with van der Waals surface area (Å²) in [7, 11) is 1.51. The van der Waals surface area contributed by atoms with Gasteiger partial charge in [-0.1, -0.05) is 0 Å². The second-order valence-corrected chi connectivity index (χ2v) is 1.26. The minimum atomic E-state index is -1.39. The highest BCUT2D eigenvalue weighted by molar-refractivity contribution is 6.33. The Labute approximate surface area is 46.5 Å². The smallest absolute Gasteiger partial charge is 0.373 e. The maximum Gasteiger partial charge on any atom is 0.373 e. The van der Waals surface area contributed by atoms with Crippen LogP contribution in [0.5, 0.6) is 0 Å². The topological polar surface area (TPSA) is 66.4 Å². The van der Waals surface area contributed by atoms with E-state index in [1.807, 2.05) is 0 Å². The van der Waals surface area contributed by atoms with Crippen LogP contribution in [0.4, 0.5) is 0 Å². The van der Waals surface area contributed by atoms with Crippen molar-refractivity contribution in [3.63, 3.8) is 0 Å². The van der Waals surface area contributed by atoms with E-state index < -0.39 is 11.8 Å². The number of carboxylic acid groups (broad SMARTS) is 1. The highest BCUT2D eigenvalue weighted by Gasteiger charge is 2.07. The van der Waals surface area contributed by atoms with E-state index in [4.69, 9.17) is 5.11 Å². The van der Waals surface area contributed by atoms with Crippen molar-refractivity contribution in [2.24, 2.45) is 0 Å². The number of carbonyl (C=O) groups excluding carboxylic acids is 1. The van der Waals surface area contributed by atoms with Gasteiger partial charge in [0.2, 0.25) is 0 Å². The molecule has 0 aromatic rings. The van der Waals surface area contributed by atoms with E-state index in [2.05, 4.69) is 5.32 Å². The van der Waals surface area contributed by atoms with Crippen LogP contribution in [0.25, 0.3) is 0 Å². The molecule has 0 aromatic carbocycles. The predicted octanol–water partition coefficient (Wildman–Crippen LogP) is -1.14. The Balaban J connectivity index is 3.49. The lowest BCUT2D eigenvalue weighted by molar-refractivity contribution is -0.148. The second-order valence-electron chi connectivity index (χ2n) is 1.26. The first-order valence-corrected chi connectivity index (χ1v) is 2.09. The summed E-state index contributed by atoms with van der Waals surface area (Å²) < 4.78 is 0. The highest BCUT2D eigenvalue weighted by Crippen LogP contribution is 1.65. The molecule has 0 radical (unpaired) electrons. The van der Waals surface area contributed by atoms with Crippen molar-refractivity contribution in [2.45, 2.75) is 0 Å². The summed E-state index contributed by atoms with van der Waals surface area (Å²) in [5.41, 5.74) is 0. The van der Waals surface area contributed by atoms with Crippen molar-refractivity contribution < 1.29 is 14.7 Å². The van der Waals surface area contributed by atoms with Crippen molar-refractivity contribution in [3.05, 3.63) is 0 Å². The average Bonchev–Trinajstić information content (AvgIpc) is 1.67. The normalized spacial score (nSPS) is 8.62. The van der Waals surface area contributed by atoms with Crippen LogP contribution < -0.4 is 5.32 Å². The van der Waals surface area contributed by atoms with Crippen LogP contribution in [-0.4, -0.2) is 30.5 Å². The van der Waals surface area contributed by atoms with Crippen LogP contribution in [0, 0.1) is 0 Å². The van der Waals surface area contributed by atoms with Gasteiger partial charge in [-0.2, -0.15) is 0 Å². The van der Waals surface area contributed by atoms with Gasteiger partial charge in [-0.3, -0.25) is 4.79 Å². The maximum absolute atomic E-state index is 10.1. The van der Waals surface area contributed by atoms with Crippen molar-refractivity contribution in [1.29, 1.82) is 0 Å². The van der Waals surface area contributed by atoms with E-state index >= 15 is 0 Å². The average molecular weight is 117 g/mol. The van der Waals surface area contributed by atoms with Crippen LogP contribution >= 0.6 is 0 Å². The number of carboxylic acids is 1. The van der Waals surface area contributed by atoms with Crippen molar-refractivity contribution in [2.75, 3.05) is 13.6 Å². The zero-order valence-electron chi connectivity index (χ0n) is 4.47. The third kappa shape index (κ3) is 2.30. The molecule has 8 heavy (non-hydrogen) atoms. The fourth-order valence-corrected chi connectivity index (χ4v) is 0.236. The third-order valence-corrected chi connectivity index (χ3v) is 0.576. The summed E-state index contributed by atoms with van der Waals surface area (Å²) in [6.45, 7) is -0.102. The van der Waals surface area contributed by atoms with Crippen LogP contribution in [-0.2, 0) is 9.59 Å². The molecule has 0 saturated heterocycles. The van der Waals surface area contributed by atoms with E-state index in [1.165, 1.54) is 7.05 Å². The first kappa shape index (κ1) is 7.10. The van der Waals surface area contributed by atoms with Crippen LogP contribution in [0.1, 0.15) is 0 Å². The second kappa shape index (κ2) is 3.15. The first-order valence-electron chi connectivity index (χ1n) is 2.09. The van der Waals surface area contributed by atoms with Gasteiger partial charge in [-0.05, 0) is 7.05 Å². The van der Waals surface area contributed by atoms with Crippen molar-refractivity contribution >= 4 is 11.8 Å². The van der Waals surface area contributed by atoms with Crippen LogP contribution in [0.2, 0.25) is 0 Å². The van der Waals surface area contributed by atoms with Crippen molar-refractivity contribution in [1.82, 2.24) is 5.32 Å². The Morgan fingerprint density at radius 3 is 2.25 bits per heavy atom. The molecule has 0 amide bonds. The van der Waals surface area contributed by atoms with Gasteiger partial charge in [-0.25, -0.2) is 4.79 Å². The summed E-state index contributed by atoms with van der Waals surface area (Å²) in [5.74, 6) is -2.20. The molecule has 0 heterocycles. The number of likely N-dealkylation sites (N-methyl/N-ethyl adjacent to an activating group) is 1. The van der Waals surface area contributed by atoms with Crippen molar-refractivity contribution in [3.8, 4) is 0 Å². The molecular weight excluding hydrogens is 110 g/mol. The zero-order valence-corrected chi connectivity index (χ0v) is 4.47. The van der Waals surface area contributed by atoms with E-state index in [9.17, 15) is 9.59 Å². The number of carbonyl (C=O) groups is 2. The molecule has 0 unspecified atom stereocenters. The third-order valence-electron chi connectivity index (χ3n) is 0.576. The molecule has 4 nitrogen and oxygen atoms in total. The Hall–Kier alpha value is -0.900. The SMILES string of the molecule is CNCC(=O)C(=O)O. The Morgan fingerprint density at radius 2 is 2.12 bits per heavy atom. The largest absolute Gasteiger partial charge is 0.475 e. The van der Waals surface area contributed by atoms with Gasteiger partial charge in [0.1, 0.15) is 0 Å². The Morgan fingerprint density at radius 1 is 1.62 bits per heavy atom. The van der Waals surface area contributed by atoms with Crippen LogP contribution in [0.15, 0.2) is 0 Å². The standard InChI is InChI=1S/C4H7NO3/c1-5-2-3(6)4(7)8/h5H,2H2,1H3,(H,7,8). The number of Topliss-reactive ketones (excluding diaryl/α,β-unsaturated/α-hetero) is 1. The minimum Gasteiger partial charge on any atom is -0.475 e. The number of hydrogen-bond donors (Lipinski definition) is 2. The van der Waals surface area contributed by atoms with E-state index in [0.717, 1.165) is 0 Å². The fourth-order valence-electron chi connectivity index (χ4n) is 0.236. The molecule has 2 N–H and O–H groups in total. The summed E-state index contributed by atoms with van der Waals surface area (Å²) in [4.78, 5) is 19.8. The Kier molecular flexibility index (Phi) is 2.79. The van der Waals surface area contributed by atoms with Gasteiger partial charge in [0.25, 0.3) is 5.78 Å². The molecule has 0 aromatic heterocycles. The molecule has 0 rings (SSSR count). The lowest BCUT2D eigenvalue weighted by Gasteiger charge is -1.88. The number of nitrogens with one attached hydrogen (secondary N) is 1. The molecule has 0 bridgehead atoms. The quantitative estimate of drug-likeness (QED) is 0.458. The maximum atomic E-state index is 10.1. The van der Waals surface area contributed by atoms with E-state index in [-0.39, 0.29) is 6.54 Å². The highest BCUT2D eigenvalue weighted by atomic mass is 16.4. The first-order chi connectivity index (χ1) is 3.68. The van der Waals surface area contributed by atoms with Gasteiger partial charge in [0.05, 0.1) is 6.54 Å². The molecule has 0 aliphatic carbocycles. The van der Waals surface area contributed by atoms with Gasteiger partial charge in [0, 0.05) is 0 Å². The molecular formula is C4H7NO3. The van der Waals surface area contributed by atoms with E-state index in [0.29, 0.717) is 0 Å². The molecule has 0 fully saturated rings. The van der Waals surface area contributed by atoms with Gasteiger partial charge in [-0.15, -0.1) is 0 Å². The van der Waals surface area contributed by atoms with Gasteiger partial charge >= 0.3 is 5.97 Å². The Bertz CT molecular complexity index is 110. The lowest BCUT2D eigenvalue weighted by atomic mass is 10.4. The summed E-state index contributed by atoms with van der Waals surface area (Å²) >= 11 is 0.